The third-order valence-corrected chi connectivity index (χ3v) is 3.67. The van der Waals surface area contributed by atoms with Crippen molar-refractivity contribution in [2.24, 2.45) is 5.92 Å². The van der Waals surface area contributed by atoms with Crippen molar-refractivity contribution in [2.75, 3.05) is 13.1 Å². The lowest BCUT2D eigenvalue weighted by molar-refractivity contribution is -0.126. The maximum absolute atomic E-state index is 11.8. The highest BCUT2D eigenvalue weighted by Gasteiger charge is 2.32. The molecule has 3 unspecified atom stereocenters. The van der Waals surface area contributed by atoms with E-state index in [1.54, 1.807) is 0 Å². The van der Waals surface area contributed by atoms with Gasteiger partial charge in [0.15, 0.2) is 0 Å². The molecule has 15 heavy (non-hydrogen) atoms. The predicted molar refractivity (Wildman–Crippen MR) is 59.6 cm³/mol. The topological polar surface area (TPSA) is 53.2 Å². The summed E-state index contributed by atoms with van der Waals surface area (Å²) in [5, 5.41) is 9.70. The summed E-state index contributed by atoms with van der Waals surface area (Å²) in [6.07, 6.45) is 2.13. The van der Waals surface area contributed by atoms with Crippen molar-refractivity contribution in [2.45, 2.75) is 44.8 Å². The molecule has 4 heteroatoms. The molecule has 4 nitrogen and oxygen atoms in total. The van der Waals surface area contributed by atoms with Crippen LogP contribution in [0.2, 0.25) is 0 Å². The quantitative estimate of drug-likeness (QED) is 0.595. The van der Waals surface area contributed by atoms with Gasteiger partial charge >= 0.3 is 0 Å². The van der Waals surface area contributed by atoms with Gasteiger partial charge in [0.2, 0.25) is 5.91 Å². The Morgan fingerprint density at radius 3 is 2.40 bits per heavy atom. The van der Waals surface area contributed by atoms with E-state index in [-0.39, 0.29) is 18.0 Å². The fraction of sp³-hybridized carbons (Fsp3) is 0.909. The number of nitrogens with one attached hydrogen (secondary N) is 3. The largest absolute Gasteiger partial charge is 0.350 e. The second-order valence-corrected chi connectivity index (χ2v) is 4.84. The second-order valence-electron chi connectivity index (χ2n) is 4.84. The highest BCUT2D eigenvalue weighted by molar-refractivity contribution is 5.83. The number of rotatable bonds is 2. The van der Waals surface area contributed by atoms with E-state index in [0.29, 0.717) is 12.0 Å². The summed E-state index contributed by atoms with van der Waals surface area (Å²) < 4.78 is 0. The van der Waals surface area contributed by atoms with Crippen molar-refractivity contribution in [1.82, 2.24) is 16.0 Å². The molecule has 3 N–H and O–H groups in total. The molecule has 0 radical (unpaired) electrons. The van der Waals surface area contributed by atoms with Gasteiger partial charge in [-0.05, 0) is 38.8 Å². The van der Waals surface area contributed by atoms with Crippen LogP contribution in [-0.4, -0.2) is 37.1 Å². The fourth-order valence-electron chi connectivity index (χ4n) is 2.38. The maximum atomic E-state index is 11.8. The van der Waals surface area contributed by atoms with E-state index in [1.165, 1.54) is 0 Å². The Hall–Kier alpha value is -0.610. The van der Waals surface area contributed by atoms with Crippen LogP contribution in [0.1, 0.15) is 26.7 Å². The lowest BCUT2D eigenvalue weighted by Crippen LogP contribution is -2.61. The number of hydrogen-bond donors (Lipinski definition) is 3. The summed E-state index contributed by atoms with van der Waals surface area (Å²) >= 11 is 0. The van der Waals surface area contributed by atoms with Crippen LogP contribution in [0.15, 0.2) is 0 Å². The summed E-state index contributed by atoms with van der Waals surface area (Å²) in [7, 11) is 0. The van der Waals surface area contributed by atoms with E-state index in [0.717, 1.165) is 25.9 Å². The Morgan fingerprint density at radius 1 is 1.20 bits per heavy atom. The van der Waals surface area contributed by atoms with E-state index < -0.39 is 0 Å². The standard InChI is InChI=1S/C11H21N3O/c1-7-3-5-12-8(2)10(7)14-11(15)9-4-6-13-9/h7-10,12-13H,3-6H2,1-2H3,(H,14,15)/t7?,8?,9-,10?/m1/s1. The normalized spacial score (nSPS) is 40.7. The molecule has 0 aromatic rings. The van der Waals surface area contributed by atoms with Crippen LogP contribution in [0, 0.1) is 5.92 Å². The lowest BCUT2D eigenvalue weighted by Gasteiger charge is -2.38. The van der Waals surface area contributed by atoms with Gasteiger partial charge in [-0.3, -0.25) is 4.79 Å². The van der Waals surface area contributed by atoms with E-state index in [1.807, 2.05) is 0 Å². The van der Waals surface area contributed by atoms with Crippen molar-refractivity contribution in [1.29, 1.82) is 0 Å². The van der Waals surface area contributed by atoms with Gasteiger partial charge in [-0.1, -0.05) is 6.92 Å². The zero-order valence-electron chi connectivity index (χ0n) is 9.55. The minimum atomic E-state index is 0.0614. The molecule has 2 rings (SSSR count). The van der Waals surface area contributed by atoms with E-state index in [9.17, 15) is 4.79 Å². The van der Waals surface area contributed by atoms with Crippen LogP contribution < -0.4 is 16.0 Å². The van der Waals surface area contributed by atoms with Gasteiger partial charge in [-0.15, -0.1) is 0 Å². The predicted octanol–water partition coefficient (Wildman–Crippen LogP) is -0.149. The fourth-order valence-corrected chi connectivity index (χ4v) is 2.38. The number of carbonyl (C=O) groups excluding carboxylic acids is 1. The molecule has 0 aliphatic carbocycles. The van der Waals surface area contributed by atoms with Crippen molar-refractivity contribution < 1.29 is 4.79 Å². The third kappa shape index (κ3) is 2.32. The van der Waals surface area contributed by atoms with Crippen LogP contribution in [0.3, 0.4) is 0 Å². The Bertz CT molecular complexity index is 230. The smallest absolute Gasteiger partial charge is 0.237 e. The molecule has 2 saturated heterocycles. The second kappa shape index (κ2) is 4.49. The molecule has 2 aliphatic rings. The van der Waals surface area contributed by atoms with Gasteiger partial charge in [-0.2, -0.15) is 0 Å². The molecule has 86 valence electrons. The Morgan fingerprint density at radius 2 is 1.87 bits per heavy atom. The molecule has 0 bridgehead atoms. The summed E-state index contributed by atoms with van der Waals surface area (Å²) in [5.74, 6) is 0.749. The van der Waals surface area contributed by atoms with Crippen molar-refractivity contribution in [3.8, 4) is 0 Å². The molecule has 0 aromatic carbocycles. The zero-order valence-corrected chi connectivity index (χ0v) is 9.55. The first-order valence-electron chi connectivity index (χ1n) is 5.95. The molecule has 0 spiro atoms. The average molecular weight is 211 g/mol. The number of piperidine rings is 1. The first kappa shape index (κ1) is 10.9. The van der Waals surface area contributed by atoms with Crippen molar-refractivity contribution in [3.05, 3.63) is 0 Å². The first-order valence-corrected chi connectivity index (χ1v) is 5.95. The minimum Gasteiger partial charge on any atom is -0.350 e. The van der Waals surface area contributed by atoms with E-state index in [4.69, 9.17) is 0 Å². The first-order chi connectivity index (χ1) is 7.18. The minimum absolute atomic E-state index is 0.0614. The number of carbonyl (C=O) groups is 1. The van der Waals surface area contributed by atoms with Crippen LogP contribution in [0.4, 0.5) is 0 Å². The average Bonchev–Trinajstić information content (AvgIpc) is 2.08. The molecule has 2 heterocycles. The molecule has 4 atom stereocenters. The third-order valence-electron chi connectivity index (χ3n) is 3.67. The van der Waals surface area contributed by atoms with Gasteiger partial charge in [0.1, 0.15) is 0 Å². The molecule has 1 amide bonds. The van der Waals surface area contributed by atoms with Crippen molar-refractivity contribution >= 4 is 5.91 Å². The van der Waals surface area contributed by atoms with Gasteiger partial charge < -0.3 is 16.0 Å². The van der Waals surface area contributed by atoms with Crippen LogP contribution in [0.5, 0.6) is 0 Å². The molecular formula is C11H21N3O. The highest BCUT2D eigenvalue weighted by atomic mass is 16.2. The monoisotopic (exact) mass is 211 g/mol. The van der Waals surface area contributed by atoms with E-state index in [2.05, 4.69) is 29.8 Å². The zero-order chi connectivity index (χ0) is 10.8. The molecule has 0 saturated carbocycles. The molecule has 0 aromatic heterocycles. The van der Waals surface area contributed by atoms with E-state index >= 15 is 0 Å². The van der Waals surface area contributed by atoms with Gasteiger partial charge in [0.25, 0.3) is 0 Å². The number of amides is 1. The summed E-state index contributed by atoms with van der Waals surface area (Å²) in [5.41, 5.74) is 0. The maximum Gasteiger partial charge on any atom is 0.237 e. The van der Waals surface area contributed by atoms with Crippen LogP contribution in [0.25, 0.3) is 0 Å². The van der Waals surface area contributed by atoms with Gasteiger partial charge in [0.05, 0.1) is 6.04 Å². The summed E-state index contributed by atoms with van der Waals surface area (Å²) in [4.78, 5) is 11.8. The molecular weight excluding hydrogens is 190 g/mol. The lowest BCUT2D eigenvalue weighted by atomic mass is 9.88. The summed E-state index contributed by atoms with van der Waals surface area (Å²) in [6.45, 7) is 6.41. The Kier molecular flexibility index (Phi) is 3.26. The number of hydrogen-bond acceptors (Lipinski definition) is 3. The van der Waals surface area contributed by atoms with Gasteiger partial charge in [-0.25, -0.2) is 0 Å². The highest BCUT2D eigenvalue weighted by Crippen LogP contribution is 2.16. The Balaban J connectivity index is 1.87. The van der Waals surface area contributed by atoms with Crippen molar-refractivity contribution in [3.63, 3.8) is 0 Å². The Labute approximate surface area is 91.2 Å². The molecule has 2 fully saturated rings. The van der Waals surface area contributed by atoms with Gasteiger partial charge in [0, 0.05) is 12.1 Å². The SMILES string of the molecule is CC1CCNC(C)C1NC(=O)[C@H]1CCN1. The molecule has 2 aliphatic heterocycles. The van der Waals surface area contributed by atoms with Crippen LogP contribution in [-0.2, 0) is 4.79 Å². The summed E-state index contributed by atoms with van der Waals surface area (Å²) in [6, 6.07) is 0.734. The van der Waals surface area contributed by atoms with Crippen LogP contribution >= 0.6 is 0 Å².